The van der Waals surface area contributed by atoms with Crippen molar-refractivity contribution in [2.24, 2.45) is 5.92 Å². The van der Waals surface area contributed by atoms with Crippen molar-refractivity contribution < 1.29 is 0 Å². The fourth-order valence-corrected chi connectivity index (χ4v) is 3.79. The van der Waals surface area contributed by atoms with Crippen LogP contribution in [0.2, 0.25) is 0 Å². The number of para-hydroxylation sites is 1. The molecule has 0 saturated heterocycles. The van der Waals surface area contributed by atoms with Crippen LogP contribution < -0.4 is 5.32 Å². The number of nitrogens with zero attached hydrogens (tertiary/aromatic N) is 1. The van der Waals surface area contributed by atoms with Gasteiger partial charge in [0.15, 0.2) is 0 Å². The van der Waals surface area contributed by atoms with E-state index in [9.17, 15) is 0 Å². The van der Waals surface area contributed by atoms with Crippen LogP contribution in [0.3, 0.4) is 0 Å². The summed E-state index contributed by atoms with van der Waals surface area (Å²) in [7, 11) is 0. The number of hydrogen-bond acceptors (Lipinski definition) is 3. The molecule has 0 spiro atoms. The fourth-order valence-electron chi connectivity index (χ4n) is 2.87. The Bertz CT molecular complexity index is 481. The van der Waals surface area contributed by atoms with Gasteiger partial charge in [-0.15, -0.1) is 11.3 Å². The molecular weight excluding hydrogens is 240 g/mol. The average molecular weight is 260 g/mol. The number of benzene rings is 1. The van der Waals surface area contributed by atoms with Gasteiger partial charge in [-0.1, -0.05) is 25.0 Å². The summed E-state index contributed by atoms with van der Waals surface area (Å²) in [5.74, 6) is 0.874. The lowest BCUT2D eigenvalue weighted by atomic mass is 10.00. The molecule has 1 N–H and O–H groups in total. The van der Waals surface area contributed by atoms with Crippen molar-refractivity contribution in [2.75, 3.05) is 0 Å². The SMILES string of the molecule is C[C@@H](NCc1nc2ccccc2s1)C1CCCC1. The molecule has 18 heavy (non-hydrogen) atoms. The zero-order valence-electron chi connectivity index (χ0n) is 10.9. The van der Waals surface area contributed by atoms with Gasteiger partial charge in [0, 0.05) is 12.6 Å². The highest BCUT2D eigenvalue weighted by molar-refractivity contribution is 7.18. The van der Waals surface area contributed by atoms with Crippen LogP contribution in [0.15, 0.2) is 24.3 Å². The summed E-state index contributed by atoms with van der Waals surface area (Å²) in [6.45, 7) is 3.24. The van der Waals surface area contributed by atoms with Gasteiger partial charge >= 0.3 is 0 Å². The molecule has 1 fully saturated rings. The molecule has 0 bridgehead atoms. The normalized spacial score (nSPS) is 18.5. The predicted octanol–water partition coefficient (Wildman–Crippen LogP) is 3.96. The Labute approximate surface area is 112 Å². The quantitative estimate of drug-likeness (QED) is 0.900. The van der Waals surface area contributed by atoms with Gasteiger partial charge in [0.05, 0.1) is 10.2 Å². The summed E-state index contributed by atoms with van der Waals surface area (Å²) in [6.07, 6.45) is 5.62. The van der Waals surface area contributed by atoms with Crippen molar-refractivity contribution in [2.45, 2.75) is 45.2 Å². The molecule has 0 aliphatic heterocycles. The molecule has 1 aromatic heterocycles. The highest BCUT2D eigenvalue weighted by Crippen LogP contribution is 2.28. The zero-order chi connectivity index (χ0) is 12.4. The first-order chi connectivity index (χ1) is 8.83. The van der Waals surface area contributed by atoms with Crippen LogP contribution >= 0.6 is 11.3 Å². The van der Waals surface area contributed by atoms with E-state index in [-0.39, 0.29) is 0 Å². The van der Waals surface area contributed by atoms with Crippen LogP contribution in [0, 0.1) is 5.92 Å². The summed E-state index contributed by atoms with van der Waals surface area (Å²) in [5, 5.41) is 4.86. The first-order valence-electron chi connectivity index (χ1n) is 6.91. The second-order valence-corrected chi connectivity index (χ2v) is 6.40. The Hall–Kier alpha value is -0.930. The summed E-state index contributed by atoms with van der Waals surface area (Å²) in [6, 6.07) is 9.01. The second-order valence-electron chi connectivity index (χ2n) is 5.29. The van der Waals surface area contributed by atoms with E-state index in [0.717, 1.165) is 18.0 Å². The summed E-state index contributed by atoms with van der Waals surface area (Å²) < 4.78 is 1.29. The maximum Gasteiger partial charge on any atom is 0.108 e. The first kappa shape index (κ1) is 12.1. The molecule has 1 aromatic carbocycles. The zero-order valence-corrected chi connectivity index (χ0v) is 11.7. The molecule has 2 nitrogen and oxygen atoms in total. The third-order valence-corrected chi connectivity index (χ3v) is 5.06. The van der Waals surface area contributed by atoms with Crippen molar-refractivity contribution >= 4 is 21.6 Å². The number of nitrogens with one attached hydrogen (secondary N) is 1. The van der Waals surface area contributed by atoms with E-state index < -0.39 is 0 Å². The molecule has 0 amide bonds. The average Bonchev–Trinajstić information content (AvgIpc) is 3.04. The second kappa shape index (κ2) is 5.37. The number of rotatable bonds is 4. The Morgan fingerprint density at radius 3 is 2.89 bits per heavy atom. The van der Waals surface area contributed by atoms with Crippen LogP contribution in [-0.2, 0) is 6.54 Å². The van der Waals surface area contributed by atoms with Gasteiger partial charge in [-0.3, -0.25) is 0 Å². The minimum atomic E-state index is 0.625. The van der Waals surface area contributed by atoms with Crippen molar-refractivity contribution in [3.63, 3.8) is 0 Å². The summed E-state index contributed by atoms with van der Waals surface area (Å²) in [5.41, 5.74) is 1.13. The minimum Gasteiger partial charge on any atom is -0.308 e. The van der Waals surface area contributed by atoms with E-state index >= 15 is 0 Å². The smallest absolute Gasteiger partial charge is 0.108 e. The summed E-state index contributed by atoms with van der Waals surface area (Å²) in [4.78, 5) is 4.67. The highest BCUT2D eigenvalue weighted by atomic mass is 32.1. The maximum absolute atomic E-state index is 4.67. The first-order valence-corrected chi connectivity index (χ1v) is 7.72. The lowest BCUT2D eigenvalue weighted by Crippen LogP contribution is -2.31. The maximum atomic E-state index is 4.67. The standard InChI is InChI=1S/C15H20N2S/c1-11(12-6-2-3-7-12)16-10-15-17-13-8-4-5-9-14(13)18-15/h4-5,8-9,11-12,16H,2-3,6-7,10H2,1H3/t11-/m1/s1. The topological polar surface area (TPSA) is 24.9 Å². The van der Waals surface area contributed by atoms with Crippen LogP contribution in [0.1, 0.15) is 37.6 Å². The third-order valence-electron chi connectivity index (χ3n) is 4.02. The Morgan fingerprint density at radius 2 is 2.11 bits per heavy atom. The van der Waals surface area contributed by atoms with Crippen LogP contribution in [0.4, 0.5) is 0 Å². The molecule has 1 heterocycles. The molecule has 3 heteroatoms. The van der Waals surface area contributed by atoms with Crippen LogP contribution in [0.25, 0.3) is 10.2 Å². The third kappa shape index (κ3) is 2.57. The molecule has 2 aromatic rings. The lowest BCUT2D eigenvalue weighted by Gasteiger charge is -2.19. The lowest BCUT2D eigenvalue weighted by molar-refractivity contribution is 0.380. The van der Waals surface area contributed by atoms with Gasteiger partial charge in [-0.25, -0.2) is 4.98 Å². The predicted molar refractivity (Wildman–Crippen MR) is 77.9 cm³/mol. The molecule has 1 atom stereocenters. The van der Waals surface area contributed by atoms with Crippen molar-refractivity contribution in [3.05, 3.63) is 29.3 Å². The van der Waals surface area contributed by atoms with E-state index in [4.69, 9.17) is 0 Å². The van der Waals surface area contributed by atoms with Crippen molar-refractivity contribution in [1.82, 2.24) is 10.3 Å². The van der Waals surface area contributed by atoms with Crippen LogP contribution in [-0.4, -0.2) is 11.0 Å². The van der Waals surface area contributed by atoms with E-state index in [0.29, 0.717) is 6.04 Å². The molecular formula is C15H20N2S. The fraction of sp³-hybridized carbons (Fsp3) is 0.533. The van der Waals surface area contributed by atoms with Gasteiger partial charge in [0.2, 0.25) is 0 Å². The number of aromatic nitrogens is 1. The number of fused-ring (bicyclic) bond motifs is 1. The van der Waals surface area contributed by atoms with Crippen LogP contribution in [0.5, 0.6) is 0 Å². The van der Waals surface area contributed by atoms with Gasteiger partial charge in [-0.05, 0) is 37.8 Å². The van der Waals surface area contributed by atoms with E-state index in [2.05, 4.69) is 41.5 Å². The van der Waals surface area contributed by atoms with Gasteiger partial charge < -0.3 is 5.32 Å². The molecule has 96 valence electrons. The molecule has 1 aliphatic carbocycles. The number of thiazole rings is 1. The molecule has 0 radical (unpaired) electrons. The Morgan fingerprint density at radius 1 is 1.33 bits per heavy atom. The van der Waals surface area contributed by atoms with Gasteiger partial charge in [0.25, 0.3) is 0 Å². The van der Waals surface area contributed by atoms with Gasteiger partial charge in [0.1, 0.15) is 5.01 Å². The monoisotopic (exact) mass is 260 g/mol. The molecule has 1 saturated carbocycles. The Balaban J connectivity index is 1.62. The van der Waals surface area contributed by atoms with E-state index in [1.165, 1.54) is 35.4 Å². The molecule has 0 unspecified atom stereocenters. The van der Waals surface area contributed by atoms with Gasteiger partial charge in [-0.2, -0.15) is 0 Å². The largest absolute Gasteiger partial charge is 0.308 e. The van der Waals surface area contributed by atoms with Crippen molar-refractivity contribution in [3.8, 4) is 0 Å². The minimum absolute atomic E-state index is 0.625. The van der Waals surface area contributed by atoms with E-state index in [1.807, 2.05) is 11.3 Å². The number of hydrogen-bond donors (Lipinski definition) is 1. The summed E-state index contributed by atoms with van der Waals surface area (Å²) >= 11 is 1.81. The molecule has 3 rings (SSSR count). The van der Waals surface area contributed by atoms with E-state index in [1.54, 1.807) is 0 Å². The molecule has 1 aliphatic rings. The van der Waals surface area contributed by atoms with Crippen molar-refractivity contribution in [1.29, 1.82) is 0 Å². The Kier molecular flexibility index (Phi) is 3.62. The highest BCUT2D eigenvalue weighted by Gasteiger charge is 2.21.